The predicted molar refractivity (Wildman–Crippen MR) is 133 cm³/mol. The lowest BCUT2D eigenvalue weighted by atomic mass is 10.1. The molecule has 1 amide bonds. The van der Waals surface area contributed by atoms with Crippen molar-refractivity contribution in [2.45, 2.75) is 13.5 Å². The van der Waals surface area contributed by atoms with Gasteiger partial charge >= 0.3 is 0 Å². The molecule has 0 saturated carbocycles. The molecule has 1 aromatic heterocycles. The number of rotatable bonds is 7. The minimum Gasteiger partial charge on any atom is -0.497 e. The Labute approximate surface area is 197 Å². The number of hydrogen-bond donors (Lipinski definition) is 0. The van der Waals surface area contributed by atoms with Crippen molar-refractivity contribution < 1.29 is 13.9 Å². The lowest BCUT2D eigenvalue weighted by Gasteiger charge is -2.12. The zero-order valence-electron chi connectivity index (χ0n) is 18.3. The van der Waals surface area contributed by atoms with Crippen molar-refractivity contribution >= 4 is 35.1 Å². The summed E-state index contributed by atoms with van der Waals surface area (Å²) in [7, 11) is 1.62. The number of carbonyl (C=O) groups excluding carboxylic acids is 1. The molecule has 0 radical (unpaired) electrons. The van der Waals surface area contributed by atoms with E-state index >= 15 is 0 Å². The number of carbonyl (C=O) groups is 1. The minimum absolute atomic E-state index is 0.129. The van der Waals surface area contributed by atoms with Gasteiger partial charge in [0.05, 0.1) is 31.0 Å². The first-order chi connectivity index (χ1) is 16.1. The molecule has 3 aromatic rings. The van der Waals surface area contributed by atoms with Crippen molar-refractivity contribution in [3.8, 4) is 5.75 Å². The van der Waals surface area contributed by atoms with Gasteiger partial charge in [0.2, 0.25) is 0 Å². The van der Waals surface area contributed by atoms with Crippen molar-refractivity contribution in [1.82, 2.24) is 4.90 Å². The second kappa shape index (κ2) is 10.7. The van der Waals surface area contributed by atoms with E-state index in [9.17, 15) is 4.79 Å². The first-order valence-electron chi connectivity index (χ1n) is 10.3. The summed E-state index contributed by atoms with van der Waals surface area (Å²) < 4.78 is 10.6. The largest absolute Gasteiger partial charge is 0.497 e. The maximum atomic E-state index is 13.2. The lowest BCUT2D eigenvalue weighted by molar-refractivity contribution is -0.122. The van der Waals surface area contributed by atoms with Gasteiger partial charge in [0.25, 0.3) is 5.91 Å². The van der Waals surface area contributed by atoms with Crippen molar-refractivity contribution in [2.75, 3.05) is 7.11 Å². The summed E-state index contributed by atoms with van der Waals surface area (Å²) in [5, 5.41) is 9.05. The van der Waals surface area contributed by atoms with E-state index in [2.05, 4.69) is 10.2 Å². The molecule has 1 aliphatic rings. The van der Waals surface area contributed by atoms with Crippen LogP contribution in [0, 0.1) is 0 Å². The van der Waals surface area contributed by atoms with Crippen LogP contribution in [0.15, 0.2) is 104 Å². The van der Waals surface area contributed by atoms with E-state index in [1.807, 2.05) is 79.7 Å². The molecule has 4 rings (SSSR count). The first kappa shape index (κ1) is 22.4. The van der Waals surface area contributed by atoms with Gasteiger partial charge in [-0.05, 0) is 77.9 Å². The highest BCUT2D eigenvalue weighted by Gasteiger charge is 2.34. The highest BCUT2D eigenvalue weighted by molar-refractivity contribution is 8.18. The van der Waals surface area contributed by atoms with E-state index in [1.165, 1.54) is 11.8 Å². The van der Waals surface area contributed by atoms with Crippen LogP contribution in [0.25, 0.3) is 6.08 Å². The third-order valence-corrected chi connectivity index (χ3v) is 5.80. The fraction of sp³-hybridized carbons (Fsp3) is 0.115. The lowest BCUT2D eigenvalue weighted by Crippen LogP contribution is -2.28. The zero-order valence-corrected chi connectivity index (χ0v) is 19.2. The van der Waals surface area contributed by atoms with Gasteiger partial charge in [0.15, 0.2) is 5.17 Å². The normalized spacial score (nSPS) is 17.0. The van der Waals surface area contributed by atoms with Crippen LogP contribution in [0.5, 0.6) is 5.75 Å². The summed E-state index contributed by atoms with van der Waals surface area (Å²) in [6.45, 7) is 2.26. The maximum Gasteiger partial charge on any atom is 0.267 e. The number of hydrogen-bond acceptors (Lipinski definition) is 6. The van der Waals surface area contributed by atoms with Crippen molar-refractivity contribution in [1.29, 1.82) is 0 Å². The Morgan fingerprint density at radius 1 is 1.06 bits per heavy atom. The van der Waals surface area contributed by atoms with Gasteiger partial charge in [-0.25, -0.2) is 0 Å². The Kier molecular flexibility index (Phi) is 7.22. The fourth-order valence-electron chi connectivity index (χ4n) is 3.18. The van der Waals surface area contributed by atoms with E-state index in [0.29, 0.717) is 15.8 Å². The van der Waals surface area contributed by atoms with Crippen LogP contribution in [0.3, 0.4) is 0 Å². The summed E-state index contributed by atoms with van der Waals surface area (Å²) in [5.74, 6) is 1.32. The Balaban J connectivity index is 1.58. The minimum atomic E-state index is -0.129. The van der Waals surface area contributed by atoms with E-state index < -0.39 is 0 Å². The van der Waals surface area contributed by atoms with E-state index in [4.69, 9.17) is 9.15 Å². The molecule has 0 aliphatic carbocycles. The van der Waals surface area contributed by atoms with Crippen molar-refractivity contribution in [3.63, 3.8) is 0 Å². The standard InChI is InChI=1S/C26H23N3O3S/c1-19(15-20-7-4-3-5-8-20)16-24-25(30)29(18-23-9-6-14-32-23)26(33-24)28-27-17-21-10-12-22(31-2)13-11-21/h3-17H,18H2,1-2H3/b19-15+,24-16-,27-17+,28-26-. The number of nitrogens with zero attached hydrogens (tertiary/aromatic N) is 3. The molecule has 1 saturated heterocycles. The Morgan fingerprint density at radius 2 is 1.85 bits per heavy atom. The number of allylic oxidation sites excluding steroid dienone is 2. The summed E-state index contributed by atoms with van der Waals surface area (Å²) in [5.41, 5.74) is 2.93. The monoisotopic (exact) mass is 457 g/mol. The van der Waals surface area contributed by atoms with Gasteiger partial charge in [0, 0.05) is 0 Å². The quantitative estimate of drug-likeness (QED) is 0.258. The van der Waals surface area contributed by atoms with Crippen LogP contribution in [-0.2, 0) is 11.3 Å². The van der Waals surface area contributed by atoms with E-state index in [0.717, 1.165) is 22.4 Å². The van der Waals surface area contributed by atoms with Gasteiger partial charge in [-0.3, -0.25) is 9.69 Å². The average Bonchev–Trinajstić information content (AvgIpc) is 3.44. The van der Waals surface area contributed by atoms with Crippen molar-refractivity contribution in [3.05, 3.63) is 106 Å². The molecule has 2 heterocycles. The van der Waals surface area contributed by atoms with E-state index in [1.54, 1.807) is 30.6 Å². The summed E-state index contributed by atoms with van der Waals surface area (Å²) >= 11 is 1.30. The SMILES string of the molecule is COc1ccc(/C=N/N=C2\S/C(=C\C(C)=C\c3ccccc3)C(=O)N2Cc2ccco2)cc1. The van der Waals surface area contributed by atoms with Gasteiger partial charge in [-0.15, -0.1) is 5.10 Å². The molecular weight excluding hydrogens is 434 g/mol. The molecule has 166 valence electrons. The number of methoxy groups -OCH3 is 1. The van der Waals surface area contributed by atoms with Crippen LogP contribution >= 0.6 is 11.8 Å². The zero-order chi connectivity index (χ0) is 23.0. The van der Waals surface area contributed by atoms with E-state index in [-0.39, 0.29) is 12.5 Å². The molecule has 0 atom stereocenters. The van der Waals surface area contributed by atoms with Crippen LogP contribution in [0.4, 0.5) is 0 Å². The summed E-state index contributed by atoms with van der Waals surface area (Å²) in [6.07, 6.45) is 7.15. The Hall–Kier alpha value is -3.84. The average molecular weight is 458 g/mol. The molecule has 0 spiro atoms. The van der Waals surface area contributed by atoms with Gasteiger partial charge in [-0.1, -0.05) is 36.4 Å². The molecule has 6 nitrogen and oxygen atoms in total. The van der Waals surface area contributed by atoms with Crippen LogP contribution < -0.4 is 4.74 Å². The van der Waals surface area contributed by atoms with Gasteiger partial charge in [-0.2, -0.15) is 5.10 Å². The topological polar surface area (TPSA) is 67.4 Å². The smallest absolute Gasteiger partial charge is 0.267 e. The molecule has 2 aromatic carbocycles. The third-order valence-electron chi connectivity index (χ3n) is 4.80. The Bertz CT molecular complexity index is 1210. The van der Waals surface area contributed by atoms with Crippen molar-refractivity contribution in [2.24, 2.45) is 10.2 Å². The first-order valence-corrected chi connectivity index (χ1v) is 11.2. The maximum absolute atomic E-state index is 13.2. The molecule has 7 heteroatoms. The van der Waals surface area contributed by atoms with Crippen LogP contribution in [0.2, 0.25) is 0 Å². The molecule has 0 N–H and O–H groups in total. The van der Waals surface area contributed by atoms with Crippen LogP contribution in [-0.4, -0.2) is 29.3 Å². The number of thioether (sulfide) groups is 1. The highest BCUT2D eigenvalue weighted by Crippen LogP contribution is 2.33. The van der Waals surface area contributed by atoms with Crippen LogP contribution in [0.1, 0.15) is 23.8 Å². The Morgan fingerprint density at radius 3 is 2.55 bits per heavy atom. The number of furan rings is 1. The summed E-state index contributed by atoms with van der Waals surface area (Å²) in [6, 6.07) is 21.1. The number of amidine groups is 1. The molecule has 0 bridgehead atoms. The molecule has 1 aliphatic heterocycles. The fourth-order valence-corrected chi connectivity index (χ4v) is 4.16. The molecule has 0 unspecified atom stereocenters. The molecule has 33 heavy (non-hydrogen) atoms. The second-order valence-electron chi connectivity index (χ2n) is 7.28. The second-order valence-corrected chi connectivity index (χ2v) is 8.29. The molecule has 1 fully saturated rings. The summed E-state index contributed by atoms with van der Waals surface area (Å²) in [4.78, 5) is 15.3. The molecular formula is C26H23N3O3S. The number of amides is 1. The van der Waals surface area contributed by atoms with Gasteiger partial charge < -0.3 is 9.15 Å². The van der Waals surface area contributed by atoms with Gasteiger partial charge in [0.1, 0.15) is 11.5 Å². The third kappa shape index (κ3) is 5.90. The predicted octanol–water partition coefficient (Wildman–Crippen LogP) is 5.74. The highest BCUT2D eigenvalue weighted by atomic mass is 32.2. The number of ether oxygens (including phenoxy) is 1. The number of benzene rings is 2.